The number of nitrogens with one attached hydrogen (secondary N) is 1. The predicted molar refractivity (Wildman–Crippen MR) is 105 cm³/mol. The van der Waals surface area contributed by atoms with Crippen LogP contribution < -0.4 is 10.1 Å². The summed E-state index contributed by atoms with van der Waals surface area (Å²) in [4.78, 5) is 38.4. The van der Waals surface area contributed by atoms with Crippen LogP contribution in [0.25, 0.3) is 0 Å². The van der Waals surface area contributed by atoms with E-state index < -0.39 is 30.5 Å². The van der Waals surface area contributed by atoms with Crippen molar-refractivity contribution in [1.82, 2.24) is 4.90 Å². The van der Waals surface area contributed by atoms with E-state index >= 15 is 0 Å². The molecule has 7 nitrogen and oxygen atoms in total. The van der Waals surface area contributed by atoms with E-state index in [1.807, 2.05) is 0 Å². The Morgan fingerprint density at radius 3 is 2.63 bits per heavy atom. The number of fused-ring (bicyclic) bond motifs is 1. The summed E-state index contributed by atoms with van der Waals surface area (Å²) in [6.45, 7) is -0.340. The van der Waals surface area contributed by atoms with Crippen LogP contribution in [0.4, 0.5) is 10.1 Å². The summed E-state index contributed by atoms with van der Waals surface area (Å²) in [5.41, 5.74) is 0.950. The highest BCUT2D eigenvalue weighted by molar-refractivity contribution is 5.99. The minimum absolute atomic E-state index is 0.0276. The van der Waals surface area contributed by atoms with Gasteiger partial charge in [-0.05, 0) is 31.0 Å². The molecule has 0 unspecified atom stereocenters. The molecule has 2 aromatic carbocycles. The van der Waals surface area contributed by atoms with Crippen LogP contribution in [0, 0.1) is 5.82 Å². The number of hydrogen-bond donors (Lipinski definition) is 1. The molecule has 4 rings (SSSR count). The number of nitrogens with zero attached hydrogens (tertiary/aromatic N) is 1. The third-order valence-electron chi connectivity index (χ3n) is 5.02. The Morgan fingerprint density at radius 1 is 1.13 bits per heavy atom. The number of anilines is 1. The second kappa shape index (κ2) is 8.52. The maximum absolute atomic E-state index is 13.9. The normalized spacial score (nSPS) is 17.4. The summed E-state index contributed by atoms with van der Waals surface area (Å²) in [6.07, 6.45) is 0.331. The van der Waals surface area contributed by atoms with Crippen LogP contribution in [-0.2, 0) is 25.7 Å². The van der Waals surface area contributed by atoms with Crippen molar-refractivity contribution in [3.05, 3.63) is 59.9 Å². The summed E-state index contributed by atoms with van der Waals surface area (Å²) >= 11 is 0. The molecule has 30 heavy (non-hydrogen) atoms. The van der Waals surface area contributed by atoms with E-state index in [0.717, 1.165) is 12.8 Å². The first-order chi connectivity index (χ1) is 14.5. The molecule has 1 atom stereocenters. The summed E-state index contributed by atoms with van der Waals surface area (Å²) < 4.78 is 24.6. The lowest BCUT2D eigenvalue weighted by atomic mass is 10.1. The van der Waals surface area contributed by atoms with E-state index in [4.69, 9.17) is 9.47 Å². The number of amides is 2. The maximum atomic E-state index is 13.9. The van der Waals surface area contributed by atoms with Gasteiger partial charge in [-0.3, -0.25) is 14.4 Å². The molecule has 1 fully saturated rings. The molecule has 1 saturated carbocycles. The molecule has 1 aliphatic heterocycles. The number of carbonyl (C=O) groups is 3. The number of carbonyl (C=O) groups excluding carboxylic acids is 3. The first-order valence-corrected chi connectivity index (χ1v) is 9.76. The Labute approximate surface area is 172 Å². The fourth-order valence-electron chi connectivity index (χ4n) is 3.28. The van der Waals surface area contributed by atoms with E-state index in [-0.39, 0.29) is 24.8 Å². The lowest BCUT2D eigenvalue weighted by Gasteiger charge is -2.25. The second-order valence-corrected chi connectivity index (χ2v) is 7.30. The third-order valence-corrected chi connectivity index (χ3v) is 5.02. The summed E-state index contributed by atoms with van der Waals surface area (Å²) in [5, 5.41) is 2.67. The fraction of sp³-hybridized carbons (Fsp3) is 0.318. The highest BCUT2D eigenvalue weighted by Gasteiger charge is 2.34. The largest absolute Gasteiger partial charge is 0.478 e. The van der Waals surface area contributed by atoms with Crippen LogP contribution in [-0.4, -0.2) is 41.4 Å². The topological polar surface area (TPSA) is 84.9 Å². The molecule has 2 aromatic rings. The van der Waals surface area contributed by atoms with Gasteiger partial charge in [0.15, 0.2) is 12.7 Å². The minimum atomic E-state index is -1.03. The Balaban J connectivity index is 1.31. The molecule has 0 aromatic heterocycles. The molecule has 1 aliphatic carbocycles. The molecule has 1 N–H and O–H groups in total. The van der Waals surface area contributed by atoms with Crippen molar-refractivity contribution in [2.45, 2.75) is 38.0 Å². The smallest absolute Gasteiger partial charge is 0.310 e. The quantitative estimate of drug-likeness (QED) is 0.707. The van der Waals surface area contributed by atoms with Crippen molar-refractivity contribution in [1.29, 1.82) is 0 Å². The van der Waals surface area contributed by atoms with Gasteiger partial charge in [0.1, 0.15) is 11.6 Å². The van der Waals surface area contributed by atoms with Crippen LogP contribution >= 0.6 is 0 Å². The number of para-hydroxylation sites is 2. The zero-order valence-corrected chi connectivity index (χ0v) is 16.2. The third kappa shape index (κ3) is 4.59. The lowest BCUT2D eigenvalue weighted by Crippen LogP contribution is -2.40. The van der Waals surface area contributed by atoms with Gasteiger partial charge in [-0.25, -0.2) is 4.39 Å². The maximum Gasteiger partial charge on any atom is 0.310 e. The van der Waals surface area contributed by atoms with Gasteiger partial charge in [0.25, 0.3) is 11.8 Å². The zero-order chi connectivity index (χ0) is 21.1. The average molecular weight is 412 g/mol. The molecular weight excluding hydrogens is 391 g/mol. The molecule has 2 aliphatic rings. The van der Waals surface area contributed by atoms with Gasteiger partial charge in [0.05, 0.1) is 12.1 Å². The molecule has 0 spiro atoms. The molecule has 0 bridgehead atoms. The van der Waals surface area contributed by atoms with Gasteiger partial charge in [-0.1, -0.05) is 30.3 Å². The van der Waals surface area contributed by atoms with Gasteiger partial charge in [0.2, 0.25) is 0 Å². The SMILES string of the molecule is O=C(C[C@@H]1Oc2ccccc2NC1=O)OCC(=O)N(Cc1ccccc1F)C1CC1. The van der Waals surface area contributed by atoms with Crippen molar-refractivity contribution in [3.63, 3.8) is 0 Å². The fourth-order valence-corrected chi connectivity index (χ4v) is 3.28. The van der Waals surface area contributed by atoms with Crippen LogP contribution in [0.3, 0.4) is 0 Å². The number of rotatable bonds is 7. The molecule has 0 saturated heterocycles. The molecular formula is C22H21FN2O5. The van der Waals surface area contributed by atoms with Gasteiger partial charge < -0.3 is 19.7 Å². The number of esters is 1. The van der Waals surface area contributed by atoms with Gasteiger partial charge in [0, 0.05) is 18.2 Å². The first kappa shape index (κ1) is 19.9. The van der Waals surface area contributed by atoms with E-state index in [1.165, 1.54) is 11.0 Å². The summed E-state index contributed by atoms with van der Waals surface area (Å²) in [7, 11) is 0. The van der Waals surface area contributed by atoms with Crippen LogP contribution in [0.1, 0.15) is 24.8 Å². The number of hydrogen-bond acceptors (Lipinski definition) is 5. The molecule has 0 radical (unpaired) electrons. The second-order valence-electron chi connectivity index (χ2n) is 7.30. The average Bonchev–Trinajstić information content (AvgIpc) is 3.57. The monoisotopic (exact) mass is 412 g/mol. The van der Waals surface area contributed by atoms with Crippen molar-refractivity contribution in [2.75, 3.05) is 11.9 Å². The highest BCUT2D eigenvalue weighted by Crippen LogP contribution is 2.30. The number of ether oxygens (including phenoxy) is 2. The summed E-state index contributed by atoms with van der Waals surface area (Å²) in [5.74, 6) is -1.47. The standard InChI is InChI=1S/C22H21FN2O5/c23-16-6-2-1-5-14(16)12-25(15-9-10-15)20(26)13-29-21(27)11-19-22(28)24-17-7-3-4-8-18(17)30-19/h1-8,15,19H,9-13H2,(H,24,28)/t19-/m0/s1. The Kier molecular flexibility index (Phi) is 5.65. The van der Waals surface area contributed by atoms with Crippen LogP contribution in [0.2, 0.25) is 0 Å². The van der Waals surface area contributed by atoms with E-state index in [0.29, 0.717) is 17.0 Å². The van der Waals surface area contributed by atoms with Crippen LogP contribution in [0.15, 0.2) is 48.5 Å². The summed E-state index contributed by atoms with van der Waals surface area (Å²) in [6, 6.07) is 13.2. The van der Waals surface area contributed by atoms with Crippen molar-refractivity contribution in [2.24, 2.45) is 0 Å². The van der Waals surface area contributed by atoms with E-state index in [1.54, 1.807) is 42.5 Å². The van der Waals surface area contributed by atoms with Crippen molar-refractivity contribution < 1.29 is 28.2 Å². The molecule has 1 heterocycles. The van der Waals surface area contributed by atoms with Crippen molar-refractivity contribution in [3.8, 4) is 5.75 Å². The lowest BCUT2D eigenvalue weighted by molar-refractivity contribution is -0.154. The Morgan fingerprint density at radius 2 is 1.87 bits per heavy atom. The zero-order valence-electron chi connectivity index (χ0n) is 16.2. The molecule has 156 valence electrons. The van der Waals surface area contributed by atoms with Crippen molar-refractivity contribution >= 4 is 23.5 Å². The molecule has 2 amide bonds. The van der Waals surface area contributed by atoms with Gasteiger partial charge >= 0.3 is 5.97 Å². The van der Waals surface area contributed by atoms with Gasteiger partial charge in [-0.15, -0.1) is 0 Å². The first-order valence-electron chi connectivity index (χ1n) is 9.76. The highest BCUT2D eigenvalue weighted by atomic mass is 19.1. The van der Waals surface area contributed by atoms with E-state index in [9.17, 15) is 18.8 Å². The number of halogens is 1. The van der Waals surface area contributed by atoms with Gasteiger partial charge in [-0.2, -0.15) is 0 Å². The Hall–Kier alpha value is -3.42. The Bertz CT molecular complexity index is 976. The predicted octanol–water partition coefficient (Wildman–Crippen LogP) is 2.65. The molecule has 8 heteroatoms. The minimum Gasteiger partial charge on any atom is -0.478 e. The van der Waals surface area contributed by atoms with E-state index in [2.05, 4.69) is 5.32 Å². The number of benzene rings is 2. The van der Waals surface area contributed by atoms with Crippen LogP contribution in [0.5, 0.6) is 5.75 Å².